The molecule has 0 radical (unpaired) electrons. The predicted molar refractivity (Wildman–Crippen MR) is 83.6 cm³/mol. The van der Waals surface area contributed by atoms with Crippen LogP contribution in [0.3, 0.4) is 0 Å². The summed E-state index contributed by atoms with van der Waals surface area (Å²) in [6.45, 7) is 2.36. The first-order valence-corrected chi connectivity index (χ1v) is 8.12. The summed E-state index contributed by atoms with van der Waals surface area (Å²) in [6, 6.07) is 8.09. The molecule has 0 atom stereocenters. The first-order chi connectivity index (χ1) is 9.74. The molecule has 1 N–H and O–H groups in total. The molecular weight excluding hydrogens is 318 g/mol. The fraction of sp³-hybridized carbons (Fsp3) is 0.562. The molecule has 1 aromatic rings. The van der Waals surface area contributed by atoms with Crippen molar-refractivity contribution in [3.8, 4) is 0 Å². The largest absolute Gasteiger partial charge is 0.381 e. The molecule has 110 valence electrons. The minimum atomic E-state index is 0.118. The maximum Gasteiger partial charge on any atom is 0.220 e. The van der Waals surface area contributed by atoms with Gasteiger partial charge in [-0.05, 0) is 49.3 Å². The molecule has 2 rings (SSSR count). The Hall–Kier alpha value is -0.870. The first kappa shape index (κ1) is 15.5. The molecular formula is C16H22BrNO2. The van der Waals surface area contributed by atoms with Gasteiger partial charge in [-0.15, -0.1) is 0 Å². The van der Waals surface area contributed by atoms with Crippen molar-refractivity contribution < 1.29 is 9.53 Å². The fourth-order valence-electron chi connectivity index (χ4n) is 1.98. The van der Waals surface area contributed by atoms with Gasteiger partial charge in [0.05, 0.1) is 0 Å². The molecule has 20 heavy (non-hydrogen) atoms. The van der Waals surface area contributed by atoms with Gasteiger partial charge in [0.15, 0.2) is 0 Å². The van der Waals surface area contributed by atoms with Gasteiger partial charge in [-0.1, -0.05) is 28.1 Å². The lowest BCUT2D eigenvalue weighted by atomic mass is 10.1. The van der Waals surface area contributed by atoms with Crippen molar-refractivity contribution in [2.24, 2.45) is 5.92 Å². The van der Waals surface area contributed by atoms with E-state index in [4.69, 9.17) is 4.74 Å². The molecule has 1 aliphatic carbocycles. The zero-order valence-electron chi connectivity index (χ0n) is 11.7. The molecule has 1 aromatic carbocycles. The third kappa shape index (κ3) is 6.53. The Morgan fingerprint density at radius 3 is 3.00 bits per heavy atom. The van der Waals surface area contributed by atoms with Gasteiger partial charge in [-0.25, -0.2) is 0 Å². The summed E-state index contributed by atoms with van der Waals surface area (Å²) in [7, 11) is 0. The van der Waals surface area contributed by atoms with Gasteiger partial charge in [0, 0.05) is 30.7 Å². The second-order valence-corrected chi connectivity index (χ2v) is 6.27. The van der Waals surface area contributed by atoms with Crippen molar-refractivity contribution in [1.29, 1.82) is 0 Å². The number of carbonyl (C=O) groups is 1. The highest BCUT2D eigenvalue weighted by Crippen LogP contribution is 2.28. The molecule has 4 heteroatoms. The summed E-state index contributed by atoms with van der Waals surface area (Å²) in [5, 5.41) is 2.94. The number of rotatable bonds is 9. The van der Waals surface area contributed by atoms with Gasteiger partial charge in [0.1, 0.15) is 0 Å². The van der Waals surface area contributed by atoms with E-state index in [2.05, 4.69) is 27.3 Å². The monoisotopic (exact) mass is 339 g/mol. The minimum Gasteiger partial charge on any atom is -0.381 e. The molecule has 0 spiro atoms. The van der Waals surface area contributed by atoms with Crippen LogP contribution in [0.4, 0.5) is 0 Å². The average molecular weight is 340 g/mol. The van der Waals surface area contributed by atoms with E-state index in [9.17, 15) is 4.79 Å². The van der Waals surface area contributed by atoms with E-state index in [1.54, 1.807) is 0 Å². The van der Waals surface area contributed by atoms with E-state index >= 15 is 0 Å². The van der Waals surface area contributed by atoms with Gasteiger partial charge in [-0.3, -0.25) is 4.79 Å². The van der Waals surface area contributed by atoms with Crippen LogP contribution in [0.2, 0.25) is 0 Å². The molecule has 1 amide bonds. The number of aryl methyl sites for hydroxylation is 1. The standard InChI is InChI=1S/C16H22BrNO2/c17-15-4-1-3-13(11-15)7-8-16(19)18-9-2-10-20-12-14-5-6-14/h1,3-4,11,14H,2,5-10,12H2,(H,18,19). The zero-order valence-corrected chi connectivity index (χ0v) is 13.3. The van der Waals surface area contributed by atoms with Crippen LogP contribution in [0.25, 0.3) is 0 Å². The molecule has 0 saturated heterocycles. The van der Waals surface area contributed by atoms with Crippen molar-refractivity contribution in [3.05, 3.63) is 34.3 Å². The molecule has 1 aliphatic rings. The Morgan fingerprint density at radius 1 is 1.40 bits per heavy atom. The van der Waals surface area contributed by atoms with Crippen molar-refractivity contribution in [2.45, 2.75) is 32.1 Å². The highest BCUT2D eigenvalue weighted by Gasteiger charge is 2.20. The van der Waals surface area contributed by atoms with Crippen molar-refractivity contribution in [2.75, 3.05) is 19.8 Å². The fourth-order valence-corrected chi connectivity index (χ4v) is 2.42. The van der Waals surface area contributed by atoms with Crippen LogP contribution in [0.15, 0.2) is 28.7 Å². The second-order valence-electron chi connectivity index (χ2n) is 5.35. The number of ether oxygens (including phenoxy) is 1. The van der Waals surface area contributed by atoms with Gasteiger partial charge >= 0.3 is 0 Å². The van der Waals surface area contributed by atoms with Crippen LogP contribution in [0, 0.1) is 5.92 Å². The Balaban J connectivity index is 1.49. The van der Waals surface area contributed by atoms with Crippen LogP contribution in [0.1, 0.15) is 31.2 Å². The summed E-state index contributed by atoms with van der Waals surface area (Å²) in [5.74, 6) is 0.932. The maximum absolute atomic E-state index is 11.7. The Bertz CT molecular complexity index is 432. The smallest absolute Gasteiger partial charge is 0.220 e. The third-order valence-corrected chi connectivity index (χ3v) is 3.86. The van der Waals surface area contributed by atoms with Crippen LogP contribution in [-0.4, -0.2) is 25.7 Å². The lowest BCUT2D eigenvalue weighted by Gasteiger charge is -2.06. The quantitative estimate of drug-likeness (QED) is 0.701. The molecule has 0 bridgehead atoms. The molecule has 1 saturated carbocycles. The lowest BCUT2D eigenvalue weighted by molar-refractivity contribution is -0.121. The van der Waals surface area contributed by atoms with Gasteiger partial charge in [0.2, 0.25) is 5.91 Å². The Kier molecular flexibility index (Phi) is 6.54. The highest BCUT2D eigenvalue weighted by atomic mass is 79.9. The second kappa shape index (κ2) is 8.42. The topological polar surface area (TPSA) is 38.3 Å². The van der Waals surface area contributed by atoms with E-state index in [-0.39, 0.29) is 5.91 Å². The van der Waals surface area contributed by atoms with Gasteiger partial charge < -0.3 is 10.1 Å². The SMILES string of the molecule is O=C(CCc1cccc(Br)c1)NCCCOCC1CC1. The van der Waals surface area contributed by atoms with Crippen molar-refractivity contribution in [1.82, 2.24) is 5.32 Å². The summed E-state index contributed by atoms with van der Waals surface area (Å²) < 4.78 is 6.58. The normalized spacial score (nSPS) is 14.2. The lowest BCUT2D eigenvalue weighted by Crippen LogP contribution is -2.25. The van der Waals surface area contributed by atoms with Crippen LogP contribution in [0.5, 0.6) is 0 Å². The van der Waals surface area contributed by atoms with E-state index in [1.165, 1.54) is 18.4 Å². The van der Waals surface area contributed by atoms with Crippen LogP contribution in [-0.2, 0) is 16.0 Å². The Labute approximate surface area is 129 Å². The minimum absolute atomic E-state index is 0.118. The number of halogens is 1. The van der Waals surface area contributed by atoms with Gasteiger partial charge in [-0.2, -0.15) is 0 Å². The molecule has 1 fully saturated rings. The maximum atomic E-state index is 11.7. The highest BCUT2D eigenvalue weighted by molar-refractivity contribution is 9.10. The zero-order chi connectivity index (χ0) is 14.2. The summed E-state index contributed by atoms with van der Waals surface area (Å²) in [6.07, 6.45) is 4.87. The van der Waals surface area contributed by atoms with E-state index < -0.39 is 0 Å². The number of nitrogens with one attached hydrogen (secondary N) is 1. The van der Waals surface area contributed by atoms with Crippen molar-refractivity contribution >= 4 is 21.8 Å². The number of hydrogen-bond acceptors (Lipinski definition) is 2. The van der Waals surface area contributed by atoms with Crippen molar-refractivity contribution in [3.63, 3.8) is 0 Å². The number of benzene rings is 1. The Morgan fingerprint density at radius 2 is 2.25 bits per heavy atom. The van der Waals surface area contributed by atoms with E-state index in [0.717, 1.165) is 36.4 Å². The molecule has 0 aliphatic heterocycles. The summed E-state index contributed by atoms with van der Waals surface area (Å²) >= 11 is 3.44. The number of carbonyl (C=O) groups excluding carboxylic acids is 1. The molecule has 0 heterocycles. The molecule has 0 aromatic heterocycles. The summed E-state index contributed by atoms with van der Waals surface area (Å²) in [4.78, 5) is 11.7. The predicted octanol–water partition coefficient (Wildman–Crippen LogP) is 3.31. The summed E-state index contributed by atoms with van der Waals surface area (Å²) in [5.41, 5.74) is 1.18. The molecule has 3 nitrogen and oxygen atoms in total. The average Bonchev–Trinajstić information content (AvgIpc) is 3.24. The third-order valence-electron chi connectivity index (χ3n) is 3.37. The number of amides is 1. The first-order valence-electron chi connectivity index (χ1n) is 7.33. The van der Waals surface area contributed by atoms with E-state index in [0.29, 0.717) is 13.0 Å². The number of hydrogen-bond donors (Lipinski definition) is 1. The molecule has 0 unspecified atom stereocenters. The van der Waals surface area contributed by atoms with Crippen LogP contribution >= 0.6 is 15.9 Å². The van der Waals surface area contributed by atoms with Crippen LogP contribution < -0.4 is 5.32 Å². The van der Waals surface area contributed by atoms with Gasteiger partial charge in [0.25, 0.3) is 0 Å². The van der Waals surface area contributed by atoms with E-state index in [1.807, 2.05) is 18.2 Å².